The van der Waals surface area contributed by atoms with Crippen LogP contribution < -0.4 is 10.2 Å². The Bertz CT molecular complexity index is 1140. The molecule has 4 rings (SSSR count). The molecular formula is C20H12Cl2CoN2O6. The van der Waals surface area contributed by atoms with Gasteiger partial charge in [0.05, 0.1) is 23.3 Å². The van der Waals surface area contributed by atoms with E-state index in [4.69, 9.17) is 20.3 Å². The first-order valence-corrected chi connectivity index (χ1v) is 11.1. The van der Waals surface area contributed by atoms with E-state index in [0.29, 0.717) is 23.7 Å². The van der Waals surface area contributed by atoms with Crippen molar-refractivity contribution in [3.8, 4) is 11.5 Å². The molecule has 0 atom stereocenters. The molecule has 0 amide bonds. The van der Waals surface area contributed by atoms with Crippen LogP contribution in [0.25, 0.3) is 21.8 Å². The Hall–Kier alpha value is -3.11. The molecule has 0 aliphatic heterocycles. The number of aromatic carboxylic acids is 2. The standard InChI is InChI=1S/2C10H7NO3.2ClH.Co/c2*12-8-3-1-2-6-4-5-7(10(13)14)11-9(6)8;;;/h2*1-5,12H,(H,13,14);2*1H;/q;;;;+4/p-4. The van der Waals surface area contributed by atoms with Gasteiger partial charge in [0.1, 0.15) is 22.5 Å². The predicted octanol–water partition coefficient (Wildman–Crippen LogP) is 1.98. The zero-order valence-corrected chi connectivity index (χ0v) is 17.8. The van der Waals surface area contributed by atoms with Gasteiger partial charge < -0.3 is 30.0 Å². The third-order valence-electron chi connectivity index (χ3n) is 3.82. The van der Waals surface area contributed by atoms with Gasteiger partial charge in [-0.1, -0.05) is 36.4 Å². The summed E-state index contributed by atoms with van der Waals surface area (Å²) >= 11 is 0.382. The summed E-state index contributed by atoms with van der Waals surface area (Å²) in [6.45, 7) is 0. The van der Waals surface area contributed by atoms with Crippen molar-refractivity contribution in [1.82, 2.24) is 9.97 Å². The number of hydrogen-bond donors (Lipinski definition) is 2. The van der Waals surface area contributed by atoms with Gasteiger partial charge in [-0.2, -0.15) is 0 Å². The zero-order chi connectivity index (χ0) is 23.0. The number of para-hydroxylation sites is 2. The van der Waals surface area contributed by atoms with Crippen LogP contribution in [0.5, 0.6) is 11.5 Å². The number of carbonyl (C=O) groups is 2. The summed E-state index contributed by atoms with van der Waals surface area (Å²) in [6.07, 6.45) is 0. The van der Waals surface area contributed by atoms with Crippen molar-refractivity contribution in [2.75, 3.05) is 0 Å². The second kappa shape index (κ2) is 11.3. The third kappa shape index (κ3) is 6.43. The topological polar surface area (TPSA) is 146 Å². The van der Waals surface area contributed by atoms with Gasteiger partial charge in [0.15, 0.2) is 0 Å². The van der Waals surface area contributed by atoms with Crippen molar-refractivity contribution < 1.29 is 42.9 Å². The molecule has 0 aliphatic carbocycles. The van der Waals surface area contributed by atoms with E-state index in [1.165, 1.54) is 24.3 Å². The number of rotatable bonds is 2. The number of fused-ring (bicyclic) bond motifs is 2. The number of carboxylic acid groups (broad SMARTS) is 2. The van der Waals surface area contributed by atoms with Crippen molar-refractivity contribution in [2.45, 2.75) is 0 Å². The number of phenolic OH excluding ortho intramolecular Hbond substituents is 2. The van der Waals surface area contributed by atoms with E-state index >= 15 is 0 Å². The Morgan fingerprint density at radius 2 is 1.06 bits per heavy atom. The van der Waals surface area contributed by atoms with Gasteiger partial charge in [-0.25, -0.2) is 9.97 Å². The molecule has 161 valence electrons. The van der Waals surface area contributed by atoms with Crippen LogP contribution in [0, 0.1) is 0 Å². The SMILES string of the molecule is O=C([O-])c1ccc2cccc(O)c2n1.O=C([O-])c1ccc2cccc(O)c2n1.[Cl][Co+2][Cl]. The second-order valence-electron chi connectivity index (χ2n) is 5.71. The van der Waals surface area contributed by atoms with E-state index in [9.17, 15) is 30.0 Å². The molecule has 31 heavy (non-hydrogen) atoms. The molecular weight excluding hydrogens is 494 g/mol. The van der Waals surface area contributed by atoms with Crippen molar-refractivity contribution in [1.29, 1.82) is 0 Å². The summed E-state index contributed by atoms with van der Waals surface area (Å²) in [5, 5.41) is 41.2. The number of pyridine rings is 2. The quantitative estimate of drug-likeness (QED) is 0.420. The average Bonchev–Trinajstić information content (AvgIpc) is 2.75. The number of aromatic hydroxyl groups is 2. The molecule has 2 heterocycles. The fraction of sp³-hybridized carbons (Fsp3) is 0. The van der Waals surface area contributed by atoms with Gasteiger partial charge in [-0.15, -0.1) is 0 Å². The third-order valence-corrected chi connectivity index (χ3v) is 3.82. The van der Waals surface area contributed by atoms with Gasteiger partial charge in [0.25, 0.3) is 0 Å². The first-order chi connectivity index (χ1) is 14.8. The maximum absolute atomic E-state index is 10.5. The summed E-state index contributed by atoms with van der Waals surface area (Å²) in [7, 11) is 9.47. The molecule has 0 aliphatic rings. The van der Waals surface area contributed by atoms with Crippen LogP contribution in [0.3, 0.4) is 0 Å². The van der Waals surface area contributed by atoms with Crippen LogP contribution in [0.2, 0.25) is 0 Å². The second-order valence-corrected chi connectivity index (χ2v) is 7.43. The number of halogens is 2. The molecule has 0 fully saturated rings. The van der Waals surface area contributed by atoms with Crippen LogP contribution >= 0.6 is 20.3 Å². The van der Waals surface area contributed by atoms with Gasteiger partial charge in [-0.05, 0) is 24.3 Å². The monoisotopic (exact) mass is 505 g/mol. The average molecular weight is 506 g/mol. The molecule has 8 nitrogen and oxygen atoms in total. The van der Waals surface area contributed by atoms with Crippen molar-refractivity contribution >= 4 is 54.0 Å². The Morgan fingerprint density at radius 3 is 1.39 bits per heavy atom. The Labute approximate surface area is 190 Å². The van der Waals surface area contributed by atoms with E-state index in [2.05, 4.69) is 9.97 Å². The number of carboxylic acids is 2. The van der Waals surface area contributed by atoms with Crippen molar-refractivity contribution in [2.24, 2.45) is 0 Å². The fourth-order valence-corrected chi connectivity index (χ4v) is 2.49. The number of benzene rings is 2. The Morgan fingerprint density at radius 1 is 0.710 bits per heavy atom. The van der Waals surface area contributed by atoms with Crippen LogP contribution in [-0.2, 0) is 12.9 Å². The number of carbonyl (C=O) groups excluding carboxylic acids is 2. The number of nitrogens with zero attached hydrogens (tertiary/aromatic N) is 2. The first-order valence-electron chi connectivity index (χ1n) is 8.22. The van der Waals surface area contributed by atoms with Crippen LogP contribution in [-0.4, -0.2) is 32.1 Å². The molecule has 0 saturated carbocycles. The van der Waals surface area contributed by atoms with Crippen molar-refractivity contribution in [3.63, 3.8) is 0 Å². The van der Waals surface area contributed by atoms with E-state index < -0.39 is 11.9 Å². The van der Waals surface area contributed by atoms with Crippen molar-refractivity contribution in [3.05, 3.63) is 72.1 Å². The van der Waals surface area contributed by atoms with E-state index in [1.54, 1.807) is 36.4 Å². The molecule has 2 aromatic carbocycles. The summed E-state index contributed by atoms with van der Waals surface area (Å²) in [6, 6.07) is 15.6. The van der Waals surface area contributed by atoms with Gasteiger partial charge in [0.2, 0.25) is 0 Å². The molecule has 2 aromatic heterocycles. The molecule has 2 N–H and O–H groups in total. The molecule has 4 aromatic rings. The molecule has 0 radical (unpaired) electrons. The van der Waals surface area contributed by atoms with E-state index in [1.807, 2.05) is 0 Å². The van der Waals surface area contributed by atoms with E-state index in [-0.39, 0.29) is 33.9 Å². The fourth-order valence-electron chi connectivity index (χ4n) is 2.49. The summed E-state index contributed by atoms with van der Waals surface area (Å²) in [5.74, 6) is -2.78. The summed E-state index contributed by atoms with van der Waals surface area (Å²) < 4.78 is 0. The van der Waals surface area contributed by atoms with Gasteiger partial charge in [0, 0.05) is 10.8 Å². The van der Waals surface area contributed by atoms with Crippen LogP contribution in [0.15, 0.2) is 60.7 Å². The molecule has 0 unspecified atom stereocenters. The zero-order valence-electron chi connectivity index (χ0n) is 15.3. The Kier molecular flexibility index (Phi) is 8.83. The van der Waals surface area contributed by atoms with Crippen LogP contribution in [0.1, 0.15) is 21.0 Å². The number of hydrogen-bond acceptors (Lipinski definition) is 8. The molecule has 0 bridgehead atoms. The minimum absolute atomic E-state index is 0.0365. The normalized spacial score (nSPS) is 9.87. The van der Waals surface area contributed by atoms with Gasteiger partial charge in [-0.3, -0.25) is 0 Å². The van der Waals surface area contributed by atoms with Crippen LogP contribution in [0.4, 0.5) is 0 Å². The summed E-state index contributed by atoms with van der Waals surface area (Å²) in [4.78, 5) is 28.5. The molecule has 11 heteroatoms. The predicted molar refractivity (Wildman–Crippen MR) is 107 cm³/mol. The van der Waals surface area contributed by atoms with Gasteiger partial charge >= 0.3 is 33.2 Å². The number of phenols is 2. The minimum atomic E-state index is -1.35. The van der Waals surface area contributed by atoms with E-state index in [0.717, 1.165) is 0 Å². The number of aromatic nitrogens is 2. The summed E-state index contributed by atoms with van der Waals surface area (Å²) in [5.41, 5.74) is 0.182. The molecule has 0 saturated heterocycles. The maximum atomic E-state index is 10.5. The Balaban J connectivity index is 0.000000196. The first kappa shape index (κ1) is 24.2. The molecule has 0 spiro atoms.